The van der Waals surface area contributed by atoms with Crippen molar-refractivity contribution in [3.05, 3.63) is 27.7 Å². The van der Waals surface area contributed by atoms with E-state index in [1.807, 2.05) is 0 Å². The van der Waals surface area contributed by atoms with Gasteiger partial charge < -0.3 is 23.5 Å². The van der Waals surface area contributed by atoms with Crippen LogP contribution < -0.4 is 10.2 Å². The molecule has 1 aromatic rings. The van der Waals surface area contributed by atoms with Gasteiger partial charge in [-0.05, 0) is 6.92 Å². The SMILES string of the molecule is COC(=O)c1cn(CC(C)OC)c(C(=O)OC)c(OC)c1=O. The van der Waals surface area contributed by atoms with Crippen molar-refractivity contribution in [1.29, 1.82) is 0 Å². The van der Waals surface area contributed by atoms with E-state index < -0.39 is 17.4 Å². The molecule has 0 N–H and O–H groups in total. The summed E-state index contributed by atoms with van der Waals surface area (Å²) in [6.07, 6.45) is 0.958. The van der Waals surface area contributed by atoms with Gasteiger partial charge in [-0.2, -0.15) is 0 Å². The lowest BCUT2D eigenvalue weighted by atomic mass is 10.2. The molecule has 0 radical (unpaired) electrons. The Labute approximate surface area is 127 Å². The monoisotopic (exact) mass is 313 g/mol. The molecule has 0 amide bonds. The van der Waals surface area contributed by atoms with Gasteiger partial charge in [0.2, 0.25) is 5.43 Å². The maximum absolute atomic E-state index is 12.3. The van der Waals surface area contributed by atoms with Crippen LogP contribution in [0.5, 0.6) is 5.75 Å². The van der Waals surface area contributed by atoms with Crippen molar-refractivity contribution in [2.45, 2.75) is 19.6 Å². The van der Waals surface area contributed by atoms with Crippen LogP contribution in [0.3, 0.4) is 0 Å². The molecule has 1 atom stereocenters. The van der Waals surface area contributed by atoms with Gasteiger partial charge in [-0.15, -0.1) is 0 Å². The van der Waals surface area contributed by atoms with Crippen molar-refractivity contribution < 1.29 is 28.5 Å². The minimum absolute atomic E-state index is 0.0912. The van der Waals surface area contributed by atoms with Gasteiger partial charge >= 0.3 is 11.9 Å². The van der Waals surface area contributed by atoms with Crippen LogP contribution in [0, 0.1) is 0 Å². The summed E-state index contributed by atoms with van der Waals surface area (Å²) < 4.78 is 20.8. The minimum atomic E-state index is -0.821. The normalized spacial score (nSPS) is 11.7. The van der Waals surface area contributed by atoms with E-state index in [1.54, 1.807) is 6.92 Å². The second-order valence-electron chi connectivity index (χ2n) is 4.44. The summed E-state index contributed by atoms with van der Waals surface area (Å²) in [5.74, 6) is -1.86. The molecular formula is C14H19NO7. The zero-order valence-corrected chi connectivity index (χ0v) is 13.2. The van der Waals surface area contributed by atoms with Crippen molar-refractivity contribution >= 4 is 11.9 Å². The van der Waals surface area contributed by atoms with Crippen molar-refractivity contribution in [2.24, 2.45) is 0 Å². The molecule has 0 aliphatic heterocycles. The number of pyridine rings is 1. The molecule has 0 fully saturated rings. The highest BCUT2D eigenvalue weighted by molar-refractivity contribution is 5.94. The number of esters is 2. The molecule has 22 heavy (non-hydrogen) atoms. The Bertz CT molecular complexity index is 620. The van der Waals surface area contributed by atoms with E-state index in [2.05, 4.69) is 9.47 Å². The van der Waals surface area contributed by atoms with Crippen LogP contribution in [0.25, 0.3) is 0 Å². The average molecular weight is 313 g/mol. The quantitative estimate of drug-likeness (QED) is 0.704. The third-order valence-electron chi connectivity index (χ3n) is 3.08. The number of aromatic nitrogens is 1. The summed E-state index contributed by atoms with van der Waals surface area (Å²) in [4.78, 5) is 36.0. The summed E-state index contributed by atoms with van der Waals surface area (Å²) >= 11 is 0. The highest BCUT2D eigenvalue weighted by Crippen LogP contribution is 2.17. The van der Waals surface area contributed by atoms with Gasteiger partial charge in [-0.25, -0.2) is 9.59 Å². The Kier molecular flexibility index (Phi) is 6.11. The number of carbonyl (C=O) groups is 2. The van der Waals surface area contributed by atoms with Gasteiger partial charge in [0.1, 0.15) is 5.56 Å². The fraction of sp³-hybridized carbons (Fsp3) is 0.500. The number of carbonyl (C=O) groups excluding carboxylic acids is 2. The van der Waals surface area contributed by atoms with Gasteiger partial charge in [0, 0.05) is 19.9 Å². The molecule has 0 spiro atoms. The first kappa shape index (κ1) is 17.7. The minimum Gasteiger partial charge on any atom is -0.491 e. The lowest BCUT2D eigenvalue weighted by Gasteiger charge is -2.19. The fourth-order valence-corrected chi connectivity index (χ4v) is 1.89. The third kappa shape index (κ3) is 3.45. The standard InChI is InChI=1S/C14H19NO7/c1-8(19-2)6-15-7-9(13(17)21-4)11(16)12(20-3)10(15)14(18)22-5/h7-8H,6H2,1-5H3. The summed E-state index contributed by atoms with van der Waals surface area (Å²) in [5.41, 5.74) is -1.07. The molecule has 8 nitrogen and oxygen atoms in total. The molecule has 0 aliphatic carbocycles. The van der Waals surface area contributed by atoms with Gasteiger partial charge in [-0.3, -0.25) is 4.79 Å². The molecular weight excluding hydrogens is 294 g/mol. The Morgan fingerprint density at radius 2 is 1.73 bits per heavy atom. The van der Waals surface area contributed by atoms with E-state index in [0.29, 0.717) is 0 Å². The lowest BCUT2D eigenvalue weighted by molar-refractivity contribution is 0.0557. The van der Waals surface area contributed by atoms with Crippen LogP contribution in [0.2, 0.25) is 0 Å². The second-order valence-corrected chi connectivity index (χ2v) is 4.44. The predicted octanol–water partition coefficient (Wildman–Crippen LogP) is 0.465. The van der Waals surface area contributed by atoms with Crippen LogP contribution >= 0.6 is 0 Å². The van der Waals surface area contributed by atoms with Crippen LogP contribution in [0.15, 0.2) is 11.0 Å². The van der Waals surface area contributed by atoms with Gasteiger partial charge in [0.05, 0.1) is 27.4 Å². The molecule has 1 aromatic heterocycles. The van der Waals surface area contributed by atoms with Crippen LogP contribution in [-0.4, -0.2) is 51.0 Å². The summed E-state index contributed by atoms with van der Waals surface area (Å²) in [6.45, 7) is 1.98. The molecule has 0 saturated heterocycles. The molecule has 8 heteroatoms. The lowest BCUT2D eigenvalue weighted by Crippen LogP contribution is -2.29. The van der Waals surface area contributed by atoms with E-state index in [9.17, 15) is 14.4 Å². The first-order chi connectivity index (χ1) is 10.4. The third-order valence-corrected chi connectivity index (χ3v) is 3.08. The van der Waals surface area contributed by atoms with Gasteiger partial charge in [0.25, 0.3) is 0 Å². The van der Waals surface area contributed by atoms with Crippen LogP contribution in [-0.2, 0) is 20.8 Å². The Hall–Kier alpha value is -2.35. The van der Waals surface area contributed by atoms with Gasteiger partial charge in [-0.1, -0.05) is 0 Å². The Balaban J connectivity index is 3.64. The number of ether oxygens (including phenoxy) is 4. The number of nitrogens with zero attached hydrogens (tertiary/aromatic N) is 1. The van der Waals surface area contributed by atoms with Crippen molar-refractivity contribution in [3.8, 4) is 5.75 Å². The maximum Gasteiger partial charge on any atom is 0.358 e. The zero-order valence-electron chi connectivity index (χ0n) is 13.2. The number of hydrogen-bond donors (Lipinski definition) is 0. The van der Waals surface area contributed by atoms with Crippen molar-refractivity contribution in [3.63, 3.8) is 0 Å². The second kappa shape index (κ2) is 7.60. The highest BCUT2D eigenvalue weighted by atomic mass is 16.5. The highest BCUT2D eigenvalue weighted by Gasteiger charge is 2.26. The van der Waals surface area contributed by atoms with E-state index in [-0.39, 0.29) is 29.7 Å². The summed E-state index contributed by atoms with van der Waals surface area (Å²) in [5, 5.41) is 0. The summed E-state index contributed by atoms with van der Waals surface area (Å²) in [6, 6.07) is 0. The van der Waals surface area contributed by atoms with E-state index >= 15 is 0 Å². The van der Waals surface area contributed by atoms with Crippen molar-refractivity contribution in [1.82, 2.24) is 4.57 Å². The summed E-state index contributed by atoms with van der Waals surface area (Å²) in [7, 11) is 5.08. The van der Waals surface area contributed by atoms with Gasteiger partial charge in [0.15, 0.2) is 11.4 Å². The molecule has 1 heterocycles. The van der Waals surface area contributed by atoms with E-state index in [1.165, 1.54) is 32.1 Å². The van der Waals surface area contributed by atoms with Crippen LogP contribution in [0.1, 0.15) is 27.8 Å². The largest absolute Gasteiger partial charge is 0.491 e. The first-order valence-corrected chi connectivity index (χ1v) is 6.42. The maximum atomic E-state index is 12.3. The molecule has 1 unspecified atom stereocenters. The van der Waals surface area contributed by atoms with E-state index in [4.69, 9.17) is 9.47 Å². The predicted molar refractivity (Wildman–Crippen MR) is 76.4 cm³/mol. The molecule has 122 valence electrons. The van der Waals surface area contributed by atoms with Crippen LogP contribution in [0.4, 0.5) is 0 Å². The number of hydrogen-bond acceptors (Lipinski definition) is 7. The fourth-order valence-electron chi connectivity index (χ4n) is 1.89. The Morgan fingerprint density at radius 1 is 1.14 bits per heavy atom. The number of rotatable bonds is 6. The molecule has 0 aliphatic rings. The van der Waals surface area contributed by atoms with E-state index in [0.717, 1.165) is 7.11 Å². The molecule has 0 saturated carbocycles. The molecule has 1 rings (SSSR count). The molecule has 0 aromatic carbocycles. The zero-order chi connectivity index (χ0) is 16.9. The number of methoxy groups -OCH3 is 4. The average Bonchev–Trinajstić information content (AvgIpc) is 2.53. The topological polar surface area (TPSA) is 93.1 Å². The smallest absolute Gasteiger partial charge is 0.358 e. The first-order valence-electron chi connectivity index (χ1n) is 6.42. The Morgan fingerprint density at radius 3 is 2.18 bits per heavy atom. The molecule has 0 bridgehead atoms. The van der Waals surface area contributed by atoms with Crippen molar-refractivity contribution in [2.75, 3.05) is 28.4 Å².